The topological polar surface area (TPSA) is 75.6 Å². The summed E-state index contributed by atoms with van der Waals surface area (Å²) in [6.45, 7) is 0. The number of hydrogen-bond donors (Lipinski definition) is 2. The number of aromatic nitrogens is 4. The zero-order valence-corrected chi connectivity index (χ0v) is 12.4. The van der Waals surface area contributed by atoms with E-state index in [1.54, 1.807) is 11.0 Å². The second-order valence-corrected chi connectivity index (χ2v) is 5.87. The Morgan fingerprint density at radius 2 is 1.65 bits per heavy atom. The molecule has 20 heavy (non-hydrogen) atoms. The summed E-state index contributed by atoms with van der Waals surface area (Å²) in [6, 6.07) is 7.58. The lowest BCUT2D eigenvalue weighted by atomic mass is 10.2. The van der Waals surface area contributed by atoms with Crippen LogP contribution >= 0.6 is 34.3 Å². The van der Waals surface area contributed by atoms with Crippen molar-refractivity contribution in [3.05, 3.63) is 45.9 Å². The zero-order chi connectivity index (χ0) is 13.8. The van der Waals surface area contributed by atoms with Crippen LogP contribution in [0.4, 0.5) is 10.3 Å². The van der Waals surface area contributed by atoms with E-state index in [2.05, 4.69) is 31.0 Å². The average Bonchev–Trinajstić information content (AvgIpc) is 3.11. The molecule has 102 valence electrons. The smallest absolute Gasteiger partial charge is 0.207 e. The van der Waals surface area contributed by atoms with Gasteiger partial charge in [-0.25, -0.2) is 0 Å². The van der Waals surface area contributed by atoms with E-state index < -0.39 is 0 Å². The van der Waals surface area contributed by atoms with Gasteiger partial charge in [-0.1, -0.05) is 46.4 Å². The molecule has 0 amide bonds. The largest absolute Gasteiger partial charge is 0.336 e. The van der Waals surface area contributed by atoms with Crippen LogP contribution in [0.2, 0.25) is 5.02 Å². The number of rotatable bonds is 5. The summed E-state index contributed by atoms with van der Waals surface area (Å²) in [7, 11) is 0. The summed E-state index contributed by atoms with van der Waals surface area (Å²) >= 11 is 8.89. The predicted molar refractivity (Wildman–Crippen MR) is 81.3 cm³/mol. The van der Waals surface area contributed by atoms with Gasteiger partial charge in [-0.05, 0) is 17.7 Å². The lowest BCUT2D eigenvalue weighted by molar-refractivity contribution is 0.879. The summed E-state index contributed by atoms with van der Waals surface area (Å²) < 4.78 is 0. The van der Waals surface area contributed by atoms with Crippen LogP contribution in [0.25, 0.3) is 0 Å². The van der Waals surface area contributed by atoms with Gasteiger partial charge in [-0.3, -0.25) is 0 Å². The molecule has 1 aromatic carbocycles. The van der Waals surface area contributed by atoms with Crippen LogP contribution in [0.3, 0.4) is 0 Å². The maximum absolute atomic E-state index is 6.05. The Balaban J connectivity index is 1.86. The third-order valence-electron chi connectivity index (χ3n) is 2.44. The molecule has 0 aliphatic rings. The Kier molecular flexibility index (Phi) is 4.05. The minimum Gasteiger partial charge on any atom is -0.336 e. The van der Waals surface area contributed by atoms with Crippen molar-refractivity contribution in [3.8, 4) is 0 Å². The van der Waals surface area contributed by atoms with Crippen LogP contribution in [0.1, 0.15) is 11.7 Å². The molecule has 3 rings (SSSR count). The van der Waals surface area contributed by atoms with Gasteiger partial charge >= 0.3 is 0 Å². The summed E-state index contributed by atoms with van der Waals surface area (Å²) in [5.74, 6) is 0. The Labute approximate surface area is 127 Å². The Hall–Kier alpha value is -1.77. The van der Waals surface area contributed by atoms with E-state index >= 15 is 0 Å². The highest BCUT2D eigenvalue weighted by Crippen LogP contribution is 2.25. The number of nitrogens with one attached hydrogen (secondary N) is 2. The molecular weight excluding hydrogens is 316 g/mol. The van der Waals surface area contributed by atoms with Crippen molar-refractivity contribution in [1.82, 2.24) is 20.4 Å². The van der Waals surface area contributed by atoms with Crippen molar-refractivity contribution in [2.45, 2.75) is 6.17 Å². The molecule has 0 spiro atoms. The lowest BCUT2D eigenvalue weighted by Crippen LogP contribution is -2.19. The molecule has 0 unspecified atom stereocenters. The molecule has 0 radical (unpaired) electrons. The van der Waals surface area contributed by atoms with Gasteiger partial charge in [0.1, 0.15) is 17.2 Å². The third-order valence-corrected chi connectivity index (χ3v) is 3.92. The maximum atomic E-state index is 6.05. The molecule has 0 fully saturated rings. The van der Waals surface area contributed by atoms with Gasteiger partial charge in [-0.2, -0.15) is 0 Å². The van der Waals surface area contributed by atoms with E-state index in [9.17, 15) is 0 Å². The van der Waals surface area contributed by atoms with Gasteiger partial charge < -0.3 is 10.6 Å². The molecule has 0 saturated carbocycles. The van der Waals surface area contributed by atoms with Crippen LogP contribution in [-0.2, 0) is 0 Å². The molecule has 0 atom stereocenters. The quantitative estimate of drug-likeness (QED) is 0.702. The summed E-state index contributed by atoms with van der Waals surface area (Å²) in [4.78, 5) is 0. The first-order valence-electron chi connectivity index (χ1n) is 5.62. The van der Waals surface area contributed by atoms with Crippen LogP contribution in [0, 0.1) is 0 Å². The van der Waals surface area contributed by atoms with E-state index in [4.69, 9.17) is 11.6 Å². The Bertz CT molecular complexity index is 621. The van der Waals surface area contributed by atoms with Crippen LogP contribution in [-0.4, -0.2) is 20.4 Å². The third kappa shape index (κ3) is 3.21. The number of benzene rings is 1. The number of hydrogen-bond acceptors (Lipinski definition) is 8. The standard InChI is InChI=1S/C11H9ClN6S2/c12-8-3-1-2-7(4-8)9(15-10-17-13-5-19-10)16-11-18-14-6-20-11/h1-6,9H,(H,15,17)(H,16,18). The minimum absolute atomic E-state index is 0.213. The van der Waals surface area contributed by atoms with Crippen LogP contribution in [0.15, 0.2) is 35.3 Å². The van der Waals surface area contributed by atoms with E-state index in [1.807, 2.05) is 24.3 Å². The van der Waals surface area contributed by atoms with Crippen molar-refractivity contribution < 1.29 is 0 Å². The normalized spacial score (nSPS) is 10.7. The first kappa shape index (κ1) is 13.2. The van der Waals surface area contributed by atoms with Gasteiger partial charge in [0.05, 0.1) is 0 Å². The monoisotopic (exact) mass is 324 g/mol. The van der Waals surface area contributed by atoms with Gasteiger partial charge in [0.15, 0.2) is 0 Å². The van der Waals surface area contributed by atoms with Crippen molar-refractivity contribution in [3.63, 3.8) is 0 Å². The molecule has 2 N–H and O–H groups in total. The van der Waals surface area contributed by atoms with Crippen molar-refractivity contribution in [2.75, 3.05) is 10.6 Å². The minimum atomic E-state index is -0.213. The fraction of sp³-hybridized carbons (Fsp3) is 0.0909. The maximum Gasteiger partial charge on any atom is 0.207 e. The number of anilines is 2. The van der Waals surface area contributed by atoms with Gasteiger partial charge in [-0.15, -0.1) is 20.4 Å². The highest BCUT2D eigenvalue weighted by Gasteiger charge is 2.14. The summed E-state index contributed by atoms with van der Waals surface area (Å²) in [5, 5.41) is 24.2. The fourth-order valence-corrected chi connectivity index (χ4v) is 2.76. The van der Waals surface area contributed by atoms with E-state index in [0.29, 0.717) is 15.3 Å². The Morgan fingerprint density at radius 3 is 2.15 bits per heavy atom. The van der Waals surface area contributed by atoms with Gasteiger partial charge in [0.2, 0.25) is 10.3 Å². The molecule has 6 nitrogen and oxygen atoms in total. The molecule has 0 aliphatic heterocycles. The molecule has 2 aromatic heterocycles. The van der Waals surface area contributed by atoms with Gasteiger partial charge in [0, 0.05) is 5.02 Å². The SMILES string of the molecule is Clc1cccc(C(Nc2nncs2)Nc2nncs2)c1. The molecular formula is C11H9ClN6S2. The van der Waals surface area contributed by atoms with Crippen LogP contribution in [0.5, 0.6) is 0 Å². The zero-order valence-electron chi connectivity index (χ0n) is 10.0. The second-order valence-electron chi connectivity index (χ2n) is 3.76. The molecule has 3 aromatic rings. The van der Waals surface area contributed by atoms with E-state index in [1.165, 1.54) is 22.7 Å². The fourth-order valence-electron chi connectivity index (χ4n) is 1.61. The van der Waals surface area contributed by atoms with E-state index in [0.717, 1.165) is 5.56 Å². The number of nitrogens with zero attached hydrogens (tertiary/aromatic N) is 4. The van der Waals surface area contributed by atoms with Crippen molar-refractivity contribution in [1.29, 1.82) is 0 Å². The molecule has 0 bridgehead atoms. The van der Waals surface area contributed by atoms with E-state index in [-0.39, 0.29) is 6.17 Å². The summed E-state index contributed by atoms with van der Waals surface area (Å²) in [5.41, 5.74) is 4.31. The van der Waals surface area contributed by atoms with Crippen molar-refractivity contribution >= 4 is 44.5 Å². The van der Waals surface area contributed by atoms with Crippen LogP contribution < -0.4 is 10.6 Å². The predicted octanol–water partition coefficient (Wildman–Crippen LogP) is 3.27. The molecule has 9 heteroatoms. The lowest BCUT2D eigenvalue weighted by Gasteiger charge is -2.19. The highest BCUT2D eigenvalue weighted by molar-refractivity contribution is 7.13. The van der Waals surface area contributed by atoms with Gasteiger partial charge in [0.25, 0.3) is 0 Å². The molecule has 2 heterocycles. The Morgan fingerprint density at radius 1 is 1.00 bits per heavy atom. The van der Waals surface area contributed by atoms with Crippen molar-refractivity contribution in [2.24, 2.45) is 0 Å². The summed E-state index contributed by atoms with van der Waals surface area (Å²) in [6.07, 6.45) is -0.213. The molecule has 0 aliphatic carbocycles. The number of halogens is 1. The average molecular weight is 325 g/mol. The second kappa shape index (κ2) is 6.12. The highest BCUT2D eigenvalue weighted by atomic mass is 35.5. The molecule has 0 saturated heterocycles. The first-order valence-corrected chi connectivity index (χ1v) is 7.76. The first-order chi connectivity index (χ1) is 9.81.